The van der Waals surface area contributed by atoms with Gasteiger partial charge in [-0.25, -0.2) is 4.98 Å². The van der Waals surface area contributed by atoms with Crippen molar-refractivity contribution in [3.05, 3.63) is 53.5 Å². The summed E-state index contributed by atoms with van der Waals surface area (Å²) in [6.07, 6.45) is 3.53. The molecule has 0 aliphatic carbocycles. The van der Waals surface area contributed by atoms with Crippen molar-refractivity contribution in [1.82, 2.24) is 9.97 Å². The highest BCUT2D eigenvalue weighted by molar-refractivity contribution is 5.52. The minimum Gasteiger partial charge on any atom is -0.365 e. The monoisotopic (exact) mass is 252 g/mol. The van der Waals surface area contributed by atoms with E-state index in [1.807, 2.05) is 24.3 Å². The maximum atomic E-state index is 9.10. The van der Waals surface area contributed by atoms with Gasteiger partial charge >= 0.3 is 0 Å². The molecule has 0 spiro atoms. The molecule has 0 aliphatic rings. The van der Waals surface area contributed by atoms with Crippen molar-refractivity contribution in [2.24, 2.45) is 0 Å². The van der Waals surface area contributed by atoms with E-state index in [1.54, 1.807) is 12.4 Å². The summed E-state index contributed by atoms with van der Waals surface area (Å²) in [4.78, 5) is 8.56. The molecule has 4 heteroatoms. The lowest BCUT2D eigenvalue weighted by molar-refractivity contribution is 0.821. The lowest BCUT2D eigenvalue weighted by Gasteiger charge is -2.11. The third-order valence-electron chi connectivity index (χ3n) is 2.81. The van der Waals surface area contributed by atoms with Crippen molar-refractivity contribution < 1.29 is 0 Å². The lowest BCUT2D eigenvalue weighted by atomic mass is 10.1. The molecule has 19 heavy (non-hydrogen) atoms. The van der Waals surface area contributed by atoms with Crippen LogP contribution in [0.25, 0.3) is 0 Å². The van der Waals surface area contributed by atoms with Crippen LogP contribution >= 0.6 is 0 Å². The summed E-state index contributed by atoms with van der Waals surface area (Å²) in [7, 11) is 0. The van der Waals surface area contributed by atoms with Crippen LogP contribution in [0, 0.1) is 11.3 Å². The number of pyridine rings is 2. The molecule has 0 aliphatic heterocycles. The standard InChI is InChI=1S/C15H16N4/c1-11(2)14-6-5-13(8-16)15(19-14)18-10-12-4-3-7-17-9-12/h3-7,9,11H,10H2,1-2H3,(H,18,19). The summed E-state index contributed by atoms with van der Waals surface area (Å²) in [6, 6.07) is 9.75. The predicted octanol–water partition coefficient (Wildman–Crippen LogP) is 3.08. The highest BCUT2D eigenvalue weighted by atomic mass is 15.0. The maximum Gasteiger partial charge on any atom is 0.144 e. The third kappa shape index (κ3) is 3.29. The van der Waals surface area contributed by atoms with E-state index in [0.29, 0.717) is 23.8 Å². The quantitative estimate of drug-likeness (QED) is 0.908. The Kier molecular flexibility index (Phi) is 4.09. The van der Waals surface area contributed by atoms with E-state index in [1.165, 1.54) is 0 Å². The number of aromatic nitrogens is 2. The Morgan fingerprint density at radius 1 is 1.32 bits per heavy atom. The predicted molar refractivity (Wildman–Crippen MR) is 74.6 cm³/mol. The fourth-order valence-electron chi connectivity index (χ4n) is 1.71. The molecule has 0 aromatic carbocycles. The summed E-state index contributed by atoms with van der Waals surface area (Å²) < 4.78 is 0. The van der Waals surface area contributed by atoms with Gasteiger partial charge in [0.25, 0.3) is 0 Å². The Morgan fingerprint density at radius 2 is 2.16 bits per heavy atom. The molecule has 2 aromatic rings. The average Bonchev–Trinajstić information content (AvgIpc) is 2.45. The van der Waals surface area contributed by atoms with Gasteiger partial charge in [-0.3, -0.25) is 4.98 Å². The molecule has 0 unspecified atom stereocenters. The lowest BCUT2D eigenvalue weighted by Crippen LogP contribution is -2.06. The Hall–Kier alpha value is -2.41. The Balaban J connectivity index is 2.19. The van der Waals surface area contributed by atoms with E-state index in [2.05, 4.69) is 35.2 Å². The van der Waals surface area contributed by atoms with Gasteiger partial charge in [-0.15, -0.1) is 0 Å². The summed E-state index contributed by atoms with van der Waals surface area (Å²) in [5, 5.41) is 12.3. The highest BCUT2D eigenvalue weighted by Crippen LogP contribution is 2.18. The van der Waals surface area contributed by atoms with Crippen molar-refractivity contribution in [1.29, 1.82) is 5.26 Å². The smallest absolute Gasteiger partial charge is 0.144 e. The number of nitriles is 1. The average molecular weight is 252 g/mol. The zero-order chi connectivity index (χ0) is 13.7. The molecular formula is C15H16N4. The molecule has 4 nitrogen and oxygen atoms in total. The number of nitrogens with one attached hydrogen (secondary N) is 1. The second kappa shape index (κ2) is 5.96. The first-order chi connectivity index (χ1) is 9.20. The van der Waals surface area contributed by atoms with Crippen LogP contribution in [-0.2, 0) is 6.54 Å². The molecule has 1 N–H and O–H groups in total. The molecule has 0 bridgehead atoms. The number of rotatable bonds is 4. The minimum atomic E-state index is 0.340. The first kappa shape index (κ1) is 13.0. The molecule has 0 atom stereocenters. The first-order valence-corrected chi connectivity index (χ1v) is 6.24. The van der Waals surface area contributed by atoms with Crippen LogP contribution < -0.4 is 5.32 Å². The van der Waals surface area contributed by atoms with Crippen LogP contribution in [0.1, 0.15) is 36.6 Å². The fourth-order valence-corrected chi connectivity index (χ4v) is 1.71. The van der Waals surface area contributed by atoms with Crippen molar-refractivity contribution >= 4 is 5.82 Å². The summed E-state index contributed by atoms with van der Waals surface area (Å²) >= 11 is 0. The van der Waals surface area contributed by atoms with Crippen molar-refractivity contribution in [3.63, 3.8) is 0 Å². The Bertz CT molecular complexity index is 585. The van der Waals surface area contributed by atoms with Crippen LogP contribution in [0.3, 0.4) is 0 Å². The van der Waals surface area contributed by atoms with Crippen LogP contribution in [0.15, 0.2) is 36.7 Å². The minimum absolute atomic E-state index is 0.340. The summed E-state index contributed by atoms with van der Waals surface area (Å²) in [5.41, 5.74) is 2.60. The van der Waals surface area contributed by atoms with E-state index < -0.39 is 0 Å². The SMILES string of the molecule is CC(C)c1ccc(C#N)c(NCc2cccnc2)n1. The molecule has 0 fully saturated rings. The van der Waals surface area contributed by atoms with E-state index in [-0.39, 0.29) is 0 Å². The van der Waals surface area contributed by atoms with Gasteiger partial charge < -0.3 is 5.32 Å². The number of hydrogen-bond donors (Lipinski definition) is 1. The van der Waals surface area contributed by atoms with Crippen molar-refractivity contribution in [2.75, 3.05) is 5.32 Å². The molecular weight excluding hydrogens is 236 g/mol. The Labute approximate surface area is 113 Å². The maximum absolute atomic E-state index is 9.10. The van der Waals surface area contributed by atoms with Gasteiger partial charge in [-0.2, -0.15) is 5.26 Å². The van der Waals surface area contributed by atoms with Crippen LogP contribution in [0.4, 0.5) is 5.82 Å². The van der Waals surface area contributed by atoms with Gasteiger partial charge in [-0.05, 0) is 29.7 Å². The molecule has 0 saturated heterocycles. The fraction of sp³-hybridized carbons (Fsp3) is 0.267. The van der Waals surface area contributed by atoms with Gasteiger partial charge in [0, 0.05) is 24.6 Å². The van der Waals surface area contributed by atoms with E-state index in [4.69, 9.17) is 5.26 Å². The highest BCUT2D eigenvalue weighted by Gasteiger charge is 2.07. The molecule has 2 rings (SSSR count). The topological polar surface area (TPSA) is 61.6 Å². The molecule has 0 saturated carbocycles. The van der Waals surface area contributed by atoms with Crippen LogP contribution in [-0.4, -0.2) is 9.97 Å². The van der Waals surface area contributed by atoms with E-state index in [9.17, 15) is 0 Å². The second-order valence-electron chi connectivity index (χ2n) is 4.61. The second-order valence-corrected chi connectivity index (χ2v) is 4.61. The normalized spacial score (nSPS) is 10.2. The summed E-state index contributed by atoms with van der Waals surface area (Å²) in [6.45, 7) is 4.77. The van der Waals surface area contributed by atoms with Crippen molar-refractivity contribution in [3.8, 4) is 6.07 Å². The van der Waals surface area contributed by atoms with Gasteiger partial charge in [0.05, 0.1) is 5.56 Å². The van der Waals surface area contributed by atoms with E-state index in [0.717, 1.165) is 11.3 Å². The number of anilines is 1. The first-order valence-electron chi connectivity index (χ1n) is 6.24. The molecule has 0 radical (unpaired) electrons. The molecule has 2 aromatic heterocycles. The molecule has 2 heterocycles. The van der Waals surface area contributed by atoms with Gasteiger partial charge in [0.15, 0.2) is 0 Å². The molecule has 96 valence electrons. The van der Waals surface area contributed by atoms with E-state index >= 15 is 0 Å². The van der Waals surface area contributed by atoms with Gasteiger partial charge in [0.1, 0.15) is 11.9 Å². The zero-order valence-corrected chi connectivity index (χ0v) is 11.1. The molecule has 0 amide bonds. The van der Waals surface area contributed by atoms with Crippen LogP contribution in [0.5, 0.6) is 0 Å². The van der Waals surface area contributed by atoms with Crippen molar-refractivity contribution in [2.45, 2.75) is 26.3 Å². The number of nitrogens with zero attached hydrogens (tertiary/aromatic N) is 3. The largest absolute Gasteiger partial charge is 0.365 e. The van der Waals surface area contributed by atoms with Crippen LogP contribution in [0.2, 0.25) is 0 Å². The Morgan fingerprint density at radius 3 is 2.79 bits per heavy atom. The van der Waals surface area contributed by atoms with Gasteiger partial charge in [-0.1, -0.05) is 19.9 Å². The van der Waals surface area contributed by atoms with Gasteiger partial charge in [0.2, 0.25) is 0 Å². The zero-order valence-electron chi connectivity index (χ0n) is 11.1. The number of hydrogen-bond acceptors (Lipinski definition) is 4. The third-order valence-corrected chi connectivity index (χ3v) is 2.81. The summed E-state index contributed by atoms with van der Waals surface area (Å²) in [5.74, 6) is 0.976.